The van der Waals surface area contributed by atoms with Crippen LogP contribution in [0.2, 0.25) is 0 Å². The standard InChI is InChI=1S/C7H7BBrO3/c1-11-5-2-3-6(9)7(4-5)12-8-10/h2-4,10H,1H3. The van der Waals surface area contributed by atoms with Gasteiger partial charge in [-0.05, 0) is 28.1 Å². The molecule has 63 valence electrons. The molecule has 1 rings (SSSR count). The average Bonchev–Trinajstić information content (AvgIpc) is 2.09. The minimum absolute atomic E-state index is 0.511. The summed E-state index contributed by atoms with van der Waals surface area (Å²) < 4.78 is 10.5. The van der Waals surface area contributed by atoms with Crippen molar-refractivity contribution in [3.63, 3.8) is 0 Å². The molecule has 0 heterocycles. The van der Waals surface area contributed by atoms with Crippen LogP contribution in [0.1, 0.15) is 0 Å². The number of methoxy groups -OCH3 is 1. The molecule has 1 aromatic carbocycles. The molecule has 0 amide bonds. The largest absolute Gasteiger partial charge is 0.569 e. The lowest BCUT2D eigenvalue weighted by atomic mass is 10.3. The molecule has 0 fully saturated rings. The van der Waals surface area contributed by atoms with Gasteiger partial charge in [-0.3, -0.25) is 0 Å². The van der Waals surface area contributed by atoms with Crippen LogP contribution in [0.25, 0.3) is 0 Å². The summed E-state index contributed by atoms with van der Waals surface area (Å²) in [6.07, 6.45) is 0. The van der Waals surface area contributed by atoms with Crippen LogP contribution in [-0.4, -0.2) is 19.8 Å². The Morgan fingerprint density at radius 1 is 1.50 bits per heavy atom. The number of benzene rings is 1. The van der Waals surface area contributed by atoms with Crippen LogP contribution in [0.3, 0.4) is 0 Å². The molecule has 1 N–H and O–H groups in total. The lowest BCUT2D eigenvalue weighted by molar-refractivity contribution is 0.408. The second-order valence-electron chi connectivity index (χ2n) is 2.02. The van der Waals surface area contributed by atoms with E-state index >= 15 is 0 Å². The van der Waals surface area contributed by atoms with Crippen LogP contribution in [0.4, 0.5) is 0 Å². The van der Waals surface area contributed by atoms with Crippen molar-refractivity contribution < 1.29 is 14.4 Å². The summed E-state index contributed by atoms with van der Waals surface area (Å²) in [5, 5.41) is 8.40. The molecule has 5 heteroatoms. The summed E-state index contributed by atoms with van der Waals surface area (Å²) >= 11 is 3.25. The zero-order chi connectivity index (χ0) is 8.97. The van der Waals surface area contributed by atoms with Crippen LogP contribution in [0.15, 0.2) is 22.7 Å². The molecule has 12 heavy (non-hydrogen) atoms. The van der Waals surface area contributed by atoms with Gasteiger partial charge in [0.15, 0.2) is 0 Å². The fourth-order valence-electron chi connectivity index (χ4n) is 0.758. The average molecular weight is 230 g/mol. The molecular formula is C7H7BBrO3. The highest BCUT2D eigenvalue weighted by atomic mass is 79.9. The zero-order valence-electron chi connectivity index (χ0n) is 6.45. The third kappa shape index (κ3) is 2.15. The van der Waals surface area contributed by atoms with Gasteiger partial charge in [-0.25, -0.2) is 0 Å². The van der Waals surface area contributed by atoms with Crippen molar-refractivity contribution in [2.75, 3.05) is 7.11 Å². The van der Waals surface area contributed by atoms with Gasteiger partial charge in [0.2, 0.25) is 0 Å². The summed E-state index contributed by atoms with van der Waals surface area (Å²) in [4.78, 5) is 0. The van der Waals surface area contributed by atoms with Gasteiger partial charge in [-0.2, -0.15) is 0 Å². The lowest BCUT2D eigenvalue weighted by Gasteiger charge is -2.06. The summed E-state index contributed by atoms with van der Waals surface area (Å²) in [5.74, 6) is 1.19. The van der Waals surface area contributed by atoms with E-state index in [-0.39, 0.29) is 0 Å². The molecule has 0 aliphatic rings. The number of hydrogen-bond donors (Lipinski definition) is 1. The van der Waals surface area contributed by atoms with E-state index in [1.54, 1.807) is 25.3 Å². The maximum atomic E-state index is 8.40. The molecule has 0 atom stereocenters. The molecule has 3 nitrogen and oxygen atoms in total. The molecule has 0 saturated carbocycles. The molecule has 0 spiro atoms. The van der Waals surface area contributed by atoms with E-state index < -0.39 is 0 Å². The van der Waals surface area contributed by atoms with Crippen LogP contribution in [-0.2, 0) is 0 Å². The Kier molecular flexibility index (Phi) is 3.43. The molecular weight excluding hydrogens is 223 g/mol. The van der Waals surface area contributed by atoms with Crippen LogP contribution >= 0.6 is 15.9 Å². The maximum absolute atomic E-state index is 8.40. The summed E-state index contributed by atoms with van der Waals surface area (Å²) in [5.41, 5.74) is 0. The normalized spacial score (nSPS) is 9.25. The molecule has 0 aromatic heterocycles. The Labute approximate surface area is 79.7 Å². The number of hydrogen-bond acceptors (Lipinski definition) is 3. The molecule has 0 bridgehead atoms. The third-order valence-corrected chi connectivity index (χ3v) is 1.97. The predicted molar refractivity (Wildman–Crippen MR) is 49.3 cm³/mol. The van der Waals surface area contributed by atoms with Crippen molar-refractivity contribution in [1.29, 1.82) is 0 Å². The first-order chi connectivity index (χ1) is 5.77. The van der Waals surface area contributed by atoms with E-state index in [9.17, 15) is 0 Å². The molecule has 0 unspecified atom stereocenters. The van der Waals surface area contributed by atoms with E-state index in [2.05, 4.69) is 15.9 Å². The van der Waals surface area contributed by atoms with Gasteiger partial charge in [-0.15, -0.1) is 0 Å². The topological polar surface area (TPSA) is 38.7 Å². The first-order valence-corrected chi connectivity index (χ1v) is 4.03. The van der Waals surface area contributed by atoms with Crippen molar-refractivity contribution in [3.05, 3.63) is 22.7 Å². The van der Waals surface area contributed by atoms with E-state index in [0.29, 0.717) is 19.2 Å². The molecule has 1 radical (unpaired) electrons. The number of ether oxygens (including phenoxy) is 1. The van der Waals surface area contributed by atoms with Crippen LogP contribution < -0.4 is 9.39 Å². The summed E-state index contributed by atoms with van der Waals surface area (Å²) in [6.45, 7) is 0. The Hall–Kier alpha value is -0.675. The first kappa shape index (κ1) is 9.41. The Balaban J connectivity index is 2.91. The summed E-state index contributed by atoms with van der Waals surface area (Å²) in [6, 6.07) is 5.22. The fourth-order valence-corrected chi connectivity index (χ4v) is 1.10. The lowest BCUT2D eigenvalue weighted by Crippen LogP contribution is -2.00. The van der Waals surface area contributed by atoms with Crippen molar-refractivity contribution in [2.24, 2.45) is 0 Å². The summed E-state index contributed by atoms with van der Waals surface area (Å²) in [7, 11) is 2.19. The van der Waals surface area contributed by atoms with Gasteiger partial charge < -0.3 is 14.4 Å². The van der Waals surface area contributed by atoms with E-state index in [1.807, 2.05) is 0 Å². The van der Waals surface area contributed by atoms with Crippen molar-refractivity contribution >= 4 is 23.6 Å². The SMILES string of the molecule is COc1ccc(Br)c(O[B]O)c1. The first-order valence-electron chi connectivity index (χ1n) is 3.24. The Morgan fingerprint density at radius 2 is 2.25 bits per heavy atom. The van der Waals surface area contributed by atoms with Gasteiger partial charge in [-0.1, -0.05) is 0 Å². The zero-order valence-corrected chi connectivity index (χ0v) is 8.04. The Morgan fingerprint density at radius 3 is 2.83 bits per heavy atom. The van der Waals surface area contributed by atoms with E-state index in [1.165, 1.54) is 0 Å². The van der Waals surface area contributed by atoms with Gasteiger partial charge in [0.05, 0.1) is 11.6 Å². The second-order valence-corrected chi connectivity index (χ2v) is 2.87. The maximum Gasteiger partial charge on any atom is 0.569 e. The highest BCUT2D eigenvalue weighted by Gasteiger charge is 2.02. The number of rotatable bonds is 3. The molecule has 0 aliphatic heterocycles. The van der Waals surface area contributed by atoms with Gasteiger partial charge in [0, 0.05) is 6.07 Å². The van der Waals surface area contributed by atoms with Crippen LogP contribution in [0, 0.1) is 0 Å². The quantitative estimate of drug-likeness (QED) is 0.796. The van der Waals surface area contributed by atoms with Crippen LogP contribution in [0.5, 0.6) is 11.5 Å². The highest BCUT2D eigenvalue weighted by Crippen LogP contribution is 2.28. The van der Waals surface area contributed by atoms with Gasteiger partial charge >= 0.3 is 7.69 Å². The number of halogens is 1. The van der Waals surface area contributed by atoms with Gasteiger partial charge in [0.25, 0.3) is 0 Å². The molecule has 0 saturated heterocycles. The second kappa shape index (κ2) is 4.38. The molecule has 1 aromatic rings. The van der Waals surface area contributed by atoms with E-state index in [0.717, 1.165) is 4.47 Å². The van der Waals surface area contributed by atoms with Gasteiger partial charge in [0.1, 0.15) is 11.5 Å². The van der Waals surface area contributed by atoms with E-state index in [4.69, 9.17) is 14.4 Å². The van der Waals surface area contributed by atoms with Crippen molar-refractivity contribution in [1.82, 2.24) is 0 Å². The highest BCUT2D eigenvalue weighted by molar-refractivity contribution is 9.10. The monoisotopic (exact) mass is 229 g/mol. The smallest absolute Gasteiger partial charge is 0.537 e. The fraction of sp³-hybridized carbons (Fsp3) is 0.143. The Bertz CT molecular complexity index is 267. The minimum Gasteiger partial charge on any atom is -0.537 e. The van der Waals surface area contributed by atoms with Crippen molar-refractivity contribution in [3.8, 4) is 11.5 Å². The van der Waals surface area contributed by atoms with Crippen molar-refractivity contribution in [2.45, 2.75) is 0 Å². The minimum atomic E-state index is 0.511. The third-order valence-electron chi connectivity index (χ3n) is 1.32. The predicted octanol–water partition coefficient (Wildman–Crippen LogP) is 1.36. The molecule has 0 aliphatic carbocycles.